The van der Waals surface area contributed by atoms with E-state index in [9.17, 15) is 5.26 Å². The van der Waals surface area contributed by atoms with Gasteiger partial charge in [-0.05, 0) is 41.1 Å². The van der Waals surface area contributed by atoms with E-state index in [2.05, 4.69) is 34.3 Å². The van der Waals surface area contributed by atoms with Gasteiger partial charge in [-0.25, -0.2) is 0 Å². The van der Waals surface area contributed by atoms with E-state index in [1.807, 2.05) is 12.1 Å². The first-order valence-electron chi connectivity index (χ1n) is 6.31. The maximum atomic E-state index is 9.26. The molecule has 0 bridgehead atoms. The fraction of sp³-hybridized carbons (Fsp3) is 0.0625. The molecule has 2 aromatic heterocycles. The van der Waals surface area contributed by atoms with Crippen LogP contribution in [0.25, 0.3) is 0 Å². The van der Waals surface area contributed by atoms with Crippen molar-refractivity contribution in [2.24, 2.45) is 0 Å². The van der Waals surface area contributed by atoms with Crippen LogP contribution in [0.3, 0.4) is 0 Å². The molecule has 3 aromatic rings. The Balaban J connectivity index is 2.00. The molecule has 3 rings (SSSR count). The number of benzene rings is 1. The first-order valence-corrected chi connectivity index (χ1v) is 8.44. The van der Waals surface area contributed by atoms with E-state index < -0.39 is 0 Å². The zero-order valence-electron chi connectivity index (χ0n) is 10.9. The second-order valence-electron chi connectivity index (χ2n) is 4.41. The third-order valence-corrected chi connectivity index (χ3v) is 5.17. The van der Waals surface area contributed by atoms with Crippen molar-refractivity contribution in [2.45, 2.75) is 6.04 Å². The minimum Gasteiger partial charge on any atom is -0.372 e. The topological polar surface area (TPSA) is 35.8 Å². The molecule has 0 aliphatic rings. The molecule has 0 aliphatic heterocycles. The van der Waals surface area contributed by atoms with Gasteiger partial charge in [0.1, 0.15) is 6.07 Å². The van der Waals surface area contributed by atoms with Crippen LogP contribution in [0.1, 0.15) is 21.4 Å². The smallest absolute Gasteiger partial charge is 0.101 e. The van der Waals surface area contributed by atoms with Gasteiger partial charge in [-0.2, -0.15) is 5.26 Å². The van der Waals surface area contributed by atoms with Crippen LogP contribution in [0.15, 0.2) is 53.2 Å². The fourth-order valence-electron chi connectivity index (χ4n) is 2.08. The molecule has 0 atom stereocenters. The second kappa shape index (κ2) is 6.31. The van der Waals surface area contributed by atoms with Crippen molar-refractivity contribution in [1.29, 1.82) is 5.26 Å². The number of hydrogen-bond acceptors (Lipinski definition) is 4. The Morgan fingerprint density at radius 1 is 1.05 bits per heavy atom. The molecule has 104 valence electrons. The van der Waals surface area contributed by atoms with Gasteiger partial charge < -0.3 is 5.32 Å². The minimum absolute atomic E-state index is 0.0376. The molecule has 0 saturated carbocycles. The summed E-state index contributed by atoms with van der Waals surface area (Å²) in [6.45, 7) is 0. The molecule has 0 saturated heterocycles. The predicted octanol–water partition coefficient (Wildman–Crippen LogP) is 5.54. The molecule has 0 radical (unpaired) electrons. The van der Waals surface area contributed by atoms with E-state index in [1.54, 1.807) is 40.9 Å². The normalized spacial score (nSPS) is 10.5. The summed E-state index contributed by atoms with van der Waals surface area (Å²) in [5.74, 6) is 0. The highest BCUT2D eigenvalue weighted by Crippen LogP contribution is 2.34. The van der Waals surface area contributed by atoms with Gasteiger partial charge in [0.05, 0.1) is 17.3 Å². The molecule has 5 heteroatoms. The van der Waals surface area contributed by atoms with Crippen molar-refractivity contribution in [2.75, 3.05) is 5.32 Å². The predicted molar refractivity (Wildman–Crippen MR) is 90.3 cm³/mol. The lowest BCUT2D eigenvalue weighted by molar-refractivity contribution is 0.991. The van der Waals surface area contributed by atoms with Crippen LogP contribution >= 0.6 is 34.3 Å². The van der Waals surface area contributed by atoms with E-state index in [0.717, 1.165) is 5.69 Å². The molecule has 0 amide bonds. The van der Waals surface area contributed by atoms with E-state index in [-0.39, 0.29) is 6.04 Å². The summed E-state index contributed by atoms with van der Waals surface area (Å²) >= 11 is 9.45. The van der Waals surface area contributed by atoms with Crippen LogP contribution < -0.4 is 5.32 Å². The third-order valence-electron chi connectivity index (χ3n) is 3.06. The fourth-order valence-corrected chi connectivity index (χ4v) is 3.92. The molecular weight excluding hydrogens is 320 g/mol. The van der Waals surface area contributed by atoms with E-state index >= 15 is 0 Å². The summed E-state index contributed by atoms with van der Waals surface area (Å²) in [5, 5.41) is 17.4. The molecule has 2 nitrogen and oxygen atoms in total. The first kappa shape index (κ1) is 14.2. The van der Waals surface area contributed by atoms with Crippen LogP contribution in [0.5, 0.6) is 0 Å². The highest BCUT2D eigenvalue weighted by Gasteiger charge is 2.17. The van der Waals surface area contributed by atoms with Gasteiger partial charge in [-0.3, -0.25) is 0 Å². The number of rotatable bonds is 4. The minimum atomic E-state index is 0.0376. The Kier molecular flexibility index (Phi) is 4.26. The first-order chi connectivity index (χ1) is 10.3. The van der Waals surface area contributed by atoms with Gasteiger partial charge in [0.2, 0.25) is 0 Å². The van der Waals surface area contributed by atoms with Crippen LogP contribution in [0.2, 0.25) is 5.02 Å². The van der Waals surface area contributed by atoms with Crippen LogP contribution in [-0.2, 0) is 0 Å². The van der Waals surface area contributed by atoms with Crippen molar-refractivity contribution in [1.82, 2.24) is 0 Å². The lowest BCUT2D eigenvalue weighted by Gasteiger charge is -2.18. The molecule has 0 unspecified atom stereocenters. The van der Waals surface area contributed by atoms with Crippen LogP contribution in [0.4, 0.5) is 5.69 Å². The monoisotopic (exact) mass is 330 g/mol. The van der Waals surface area contributed by atoms with Crippen molar-refractivity contribution in [3.05, 3.63) is 73.6 Å². The van der Waals surface area contributed by atoms with Crippen molar-refractivity contribution < 1.29 is 0 Å². The van der Waals surface area contributed by atoms with Crippen LogP contribution in [0, 0.1) is 11.3 Å². The lowest BCUT2D eigenvalue weighted by atomic mass is 10.1. The number of nitrogens with one attached hydrogen (secondary N) is 1. The maximum absolute atomic E-state index is 9.26. The number of anilines is 1. The largest absolute Gasteiger partial charge is 0.372 e. The summed E-state index contributed by atoms with van der Waals surface area (Å²) < 4.78 is 0. The van der Waals surface area contributed by atoms with E-state index in [4.69, 9.17) is 11.6 Å². The Morgan fingerprint density at radius 3 is 2.24 bits per heavy atom. The van der Waals surface area contributed by atoms with Gasteiger partial charge in [-0.15, -0.1) is 22.7 Å². The lowest BCUT2D eigenvalue weighted by Crippen LogP contribution is -2.10. The second-order valence-corrected chi connectivity index (χ2v) is 6.80. The third kappa shape index (κ3) is 3.11. The molecule has 1 aromatic carbocycles. The van der Waals surface area contributed by atoms with Gasteiger partial charge in [0.25, 0.3) is 0 Å². The van der Waals surface area contributed by atoms with Crippen molar-refractivity contribution in [3.8, 4) is 6.07 Å². The molecule has 21 heavy (non-hydrogen) atoms. The van der Waals surface area contributed by atoms with Gasteiger partial charge in [-0.1, -0.05) is 23.7 Å². The maximum Gasteiger partial charge on any atom is 0.101 e. The molecule has 1 N–H and O–H groups in total. The summed E-state index contributed by atoms with van der Waals surface area (Å²) in [4.78, 5) is 2.42. The summed E-state index contributed by atoms with van der Waals surface area (Å²) in [7, 11) is 0. The van der Waals surface area contributed by atoms with Gasteiger partial charge >= 0.3 is 0 Å². The Bertz CT molecular complexity index is 724. The van der Waals surface area contributed by atoms with E-state index in [1.165, 1.54) is 9.75 Å². The Labute approximate surface area is 136 Å². The molecule has 2 heterocycles. The van der Waals surface area contributed by atoms with Crippen molar-refractivity contribution >= 4 is 40.0 Å². The van der Waals surface area contributed by atoms with Gasteiger partial charge in [0, 0.05) is 14.8 Å². The van der Waals surface area contributed by atoms with Gasteiger partial charge in [0.15, 0.2) is 0 Å². The number of halogens is 1. The molecular formula is C16H11ClN2S2. The zero-order chi connectivity index (χ0) is 14.7. The number of hydrogen-bond donors (Lipinski definition) is 1. The standard InChI is InChI=1S/C16H11ClN2S2/c17-12-6-5-11(10-18)13(9-12)19-16(14-3-1-7-20-14)15-4-2-8-21-15/h1-9,16,19H. The number of nitrogens with zero attached hydrogens (tertiary/aromatic N) is 1. The average molecular weight is 331 g/mol. The number of thiophene rings is 2. The summed E-state index contributed by atoms with van der Waals surface area (Å²) in [5.41, 5.74) is 1.36. The number of nitriles is 1. The summed E-state index contributed by atoms with van der Waals surface area (Å²) in [6, 6.07) is 15.8. The van der Waals surface area contributed by atoms with Crippen molar-refractivity contribution in [3.63, 3.8) is 0 Å². The SMILES string of the molecule is N#Cc1ccc(Cl)cc1NC(c1cccs1)c1cccs1. The zero-order valence-corrected chi connectivity index (χ0v) is 13.3. The highest BCUT2D eigenvalue weighted by atomic mass is 35.5. The molecule has 0 spiro atoms. The summed E-state index contributed by atoms with van der Waals surface area (Å²) in [6.07, 6.45) is 0. The Hall–Kier alpha value is -1.80. The highest BCUT2D eigenvalue weighted by molar-refractivity contribution is 7.11. The molecule has 0 fully saturated rings. The average Bonchev–Trinajstić information content (AvgIpc) is 3.18. The van der Waals surface area contributed by atoms with E-state index in [0.29, 0.717) is 10.6 Å². The van der Waals surface area contributed by atoms with Crippen LogP contribution in [-0.4, -0.2) is 0 Å². The quantitative estimate of drug-likeness (QED) is 0.682. The molecule has 0 aliphatic carbocycles. The Morgan fingerprint density at radius 2 is 1.71 bits per heavy atom.